The highest BCUT2D eigenvalue weighted by atomic mass is 16.5. The molecular formula is C23H24N2O2. The van der Waals surface area contributed by atoms with Crippen LogP contribution >= 0.6 is 0 Å². The smallest absolute Gasteiger partial charge is 0.226 e. The van der Waals surface area contributed by atoms with Crippen LogP contribution in [0.15, 0.2) is 78.9 Å². The van der Waals surface area contributed by atoms with E-state index in [-0.39, 0.29) is 5.91 Å². The maximum Gasteiger partial charge on any atom is 0.226 e. The number of hydrogen-bond donors (Lipinski definition) is 2. The van der Waals surface area contributed by atoms with Gasteiger partial charge >= 0.3 is 0 Å². The number of amides is 1. The molecule has 4 nitrogen and oxygen atoms in total. The van der Waals surface area contributed by atoms with Gasteiger partial charge in [0.25, 0.3) is 0 Å². The molecule has 0 bridgehead atoms. The Labute approximate surface area is 160 Å². The summed E-state index contributed by atoms with van der Waals surface area (Å²) in [5.74, 6) is 0.821. The number of para-hydroxylation sites is 1. The minimum atomic E-state index is -0.000357. The number of benzene rings is 3. The van der Waals surface area contributed by atoms with Crippen LogP contribution in [0.5, 0.6) is 5.75 Å². The van der Waals surface area contributed by atoms with Gasteiger partial charge in [0.1, 0.15) is 12.4 Å². The van der Waals surface area contributed by atoms with Crippen LogP contribution in [-0.2, 0) is 11.4 Å². The maximum atomic E-state index is 12.1. The number of hydrogen-bond acceptors (Lipinski definition) is 3. The van der Waals surface area contributed by atoms with Gasteiger partial charge < -0.3 is 15.4 Å². The van der Waals surface area contributed by atoms with Crippen molar-refractivity contribution in [1.82, 2.24) is 0 Å². The van der Waals surface area contributed by atoms with Crippen LogP contribution in [0, 0.1) is 6.92 Å². The van der Waals surface area contributed by atoms with E-state index in [1.54, 1.807) is 0 Å². The summed E-state index contributed by atoms with van der Waals surface area (Å²) < 4.78 is 5.78. The Kier molecular flexibility index (Phi) is 6.47. The van der Waals surface area contributed by atoms with Gasteiger partial charge in [-0.15, -0.1) is 0 Å². The molecule has 2 N–H and O–H groups in total. The molecule has 138 valence electrons. The average molecular weight is 360 g/mol. The van der Waals surface area contributed by atoms with Crippen molar-refractivity contribution in [2.75, 3.05) is 17.2 Å². The molecule has 27 heavy (non-hydrogen) atoms. The maximum absolute atomic E-state index is 12.1. The third-order valence-electron chi connectivity index (χ3n) is 4.20. The molecule has 0 aromatic heterocycles. The fourth-order valence-electron chi connectivity index (χ4n) is 2.66. The number of carbonyl (C=O) groups excluding carboxylic acids is 1. The fraction of sp³-hybridized carbons (Fsp3) is 0.174. The summed E-state index contributed by atoms with van der Waals surface area (Å²) in [6.45, 7) is 3.10. The van der Waals surface area contributed by atoms with Crippen molar-refractivity contribution >= 4 is 17.3 Å². The van der Waals surface area contributed by atoms with Crippen molar-refractivity contribution in [1.29, 1.82) is 0 Å². The molecule has 0 aliphatic carbocycles. The quantitative estimate of drug-likeness (QED) is 0.593. The third-order valence-corrected chi connectivity index (χ3v) is 4.20. The number of carbonyl (C=O) groups is 1. The van der Waals surface area contributed by atoms with Gasteiger partial charge in [0, 0.05) is 24.3 Å². The lowest BCUT2D eigenvalue weighted by molar-refractivity contribution is -0.115. The Hall–Kier alpha value is -3.27. The number of rotatable bonds is 8. The molecule has 0 unspecified atom stereocenters. The van der Waals surface area contributed by atoms with Gasteiger partial charge in [-0.1, -0.05) is 48.5 Å². The summed E-state index contributed by atoms with van der Waals surface area (Å²) in [4.78, 5) is 12.1. The number of ether oxygens (including phenoxy) is 1. The van der Waals surface area contributed by atoms with Crippen molar-refractivity contribution in [2.24, 2.45) is 0 Å². The van der Waals surface area contributed by atoms with E-state index in [1.165, 1.54) is 0 Å². The summed E-state index contributed by atoms with van der Waals surface area (Å²) in [6, 6.07) is 25.6. The van der Waals surface area contributed by atoms with E-state index < -0.39 is 0 Å². The Morgan fingerprint density at radius 1 is 0.889 bits per heavy atom. The summed E-state index contributed by atoms with van der Waals surface area (Å²) in [6.07, 6.45) is 0.403. The molecule has 0 aliphatic heterocycles. The summed E-state index contributed by atoms with van der Waals surface area (Å²) in [5.41, 5.74) is 4.03. The van der Waals surface area contributed by atoms with Crippen LogP contribution in [0.3, 0.4) is 0 Å². The highest BCUT2D eigenvalue weighted by molar-refractivity contribution is 5.91. The monoisotopic (exact) mass is 360 g/mol. The van der Waals surface area contributed by atoms with Gasteiger partial charge in [0.2, 0.25) is 5.91 Å². The van der Waals surface area contributed by atoms with Crippen LogP contribution in [0.25, 0.3) is 0 Å². The molecule has 0 atom stereocenters. The molecule has 3 aromatic rings. The van der Waals surface area contributed by atoms with Crippen LogP contribution in [0.1, 0.15) is 17.5 Å². The van der Waals surface area contributed by atoms with Gasteiger partial charge in [-0.3, -0.25) is 4.79 Å². The van der Waals surface area contributed by atoms with Crippen LogP contribution in [-0.4, -0.2) is 12.5 Å². The lowest BCUT2D eigenvalue weighted by Gasteiger charge is -2.10. The molecule has 0 aliphatic rings. The largest absolute Gasteiger partial charge is 0.489 e. The van der Waals surface area contributed by atoms with Crippen molar-refractivity contribution in [2.45, 2.75) is 20.0 Å². The van der Waals surface area contributed by atoms with Gasteiger partial charge in [-0.25, -0.2) is 0 Å². The Morgan fingerprint density at radius 2 is 1.59 bits per heavy atom. The zero-order valence-electron chi connectivity index (χ0n) is 15.4. The van der Waals surface area contributed by atoms with E-state index in [1.807, 2.05) is 85.8 Å². The van der Waals surface area contributed by atoms with Crippen molar-refractivity contribution in [3.8, 4) is 5.75 Å². The van der Waals surface area contributed by atoms with Gasteiger partial charge in [0.15, 0.2) is 0 Å². The molecule has 0 saturated heterocycles. The summed E-state index contributed by atoms with van der Waals surface area (Å²) in [5, 5.41) is 6.20. The van der Waals surface area contributed by atoms with Crippen LogP contribution in [0.2, 0.25) is 0 Å². The molecule has 3 aromatic carbocycles. The van der Waals surface area contributed by atoms with Gasteiger partial charge in [-0.2, -0.15) is 0 Å². The first kappa shape index (κ1) is 18.5. The first-order valence-electron chi connectivity index (χ1n) is 9.07. The highest BCUT2D eigenvalue weighted by Crippen LogP contribution is 2.17. The minimum absolute atomic E-state index is 0.000357. The minimum Gasteiger partial charge on any atom is -0.489 e. The zero-order valence-corrected chi connectivity index (χ0v) is 15.4. The van der Waals surface area contributed by atoms with Crippen molar-refractivity contribution < 1.29 is 9.53 Å². The number of anilines is 2. The molecule has 0 radical (unpaired) electrons. The summed E-state index contributed by atoms with van der Waals surface area (Å²) in [7, 11) is 0. The molecule has 0 saturated carbocycles. The van der Waals surface area contributed by atoms with Gasteiger partial charge in [0.05, 0.1) is 0 Å². The van der Waals surface area contributed by atoms with E-state index >= 15 is 0 Å². The van der Waals surface area contributed by atoms with Crippen LogP contribution < -0.4 is 15.4 Å². The van der Waals surface area contributed by atoms with E-state index in [2.05, 4.69) is 10.6 Å². The SMILES string of the molecule is Cc1ccccc1NC(=O)CCNc1ccc(OCc2ccccc2)cc1. The Morgan fingerprint density at radius 3 is 2.33 bits per heavy atom. The second kappa shape index (κ2) is 9.43. The molecular weight excluding hydrogens is 336 g/mol. The molecule has 1 amide bonds. The molecule has 0 fully saturated rings. The third kappa shape index (κ3) is 5.89. The standard InChI is InChI=1S/C23H24N2O2/c1-18-7-5-6-10-22(18)25-23(26)15-16-24-20-11-13-21(14-12-20)27-17-19-8-3-2-4-9-19/h2-14,24H,15-17H2,1H3,(H,25,26). The van der Waals surface area contributed by atoms with Crippen molar-refractivity contribution in [3.05, 3.63) is 90.0 Å². The van der Waals surface area contributed by atoms with E-state index in [4.69, 9.17) is 4.74 Å². The van der Waals surface area contributed by atoms with E-state index in [9.17, 15) is 4.79 Å². The molecule has 4 heteroatoms. The summed E-state index contributed by atoms with van der Waals surface area (Å²) >= 11 is 0. The number of aryl methyl sites for hydroxylation is 1. The lowest BCUT2D eigenvalue weighted by atomic mass is 10.2. The second-order valence-corrected chi connectivity index (χ2v) is 6.34. The van der Waals surface area contributed by atoms with Crippen LogP contribution in [0.4, 0.5) is 11.4 Å². The molecule has 3 rings (SSSR count). The lowest BCUT2D eigenvalue weighted by Crippen LogP contribution is -2.16. The van der Waals surface area contributed by atoms with Crippen molar-refractivity contribution in [3.63, 3.8) is 0 Å². The topological polar surface area (TPSA) is 50.4 Å². The van der Waals surface area contributed by atoms with Gasteiger partial charge in [-0.05, 0) is 48.4 Å². The fourth-order valence-corrected chi connectivity index (χ4v) is 2.66. The first-order valence-corrected chi connectivity index (χ1v) is 9.07. The highest BCUT2D eigenvalue weighted by Gasteiger charge is 2.04. The normalized spacial score (nSPS) is 10.3. The number of nitrogens with one attached hydrogen (secondary N) is 2. The Bertz CT molecular complexity index is 861. The average Bonchev–Trinajstić information content (AvgIpc) is 2.70. The molecule has 0 spiro atoms. The Balaban J connectivity index is 1.41. The predicted molar refractivity (Wildman–Crippen MR) is 110 cm³/mol. The zero-order chi connectivity index (χ0) is 18.9. The van der Waals surface area contributed by atoms with E-state index in [0.717, 1.165) is 28.3 Å². The first-order chi connectivity index (χ1) is 13.2. The second-order valence-electron chi connectivity index (χ2n) is 6.34. The van der Waals surface area contributed by atoms with E-state index in [0.29, 0.717) is 19.6 Å². The predicted octanol–water partition coefficient (Wildman–Crippen LogP) is 5.01. The molecule has 0 heterocycles.